The Hall–Kier alpha value is -5.94. The zero-order valence-electron chi connectivity index (χ0n) is 27.3. The molecule has 13 heteroatoms. The number of nitrogens with one attached hydrogen (secondary N) is 1. The van der Waals surface area contributed by atoms with Gasteiger partial charge in [-0.1, -0.05) is 0 Å². The monoisotopic (exact) mass is 933 g/mol. The van der Waals surface area contributed by atoms with Crippen LogP contribution in [0.1, 0.15) is 41.4 Å². The molecular formula is C40H27I2N2O9-. The Balaban J connectivity index is 1.16. The summed E-state index contributed by atoms with van der Waals surface area (Å²) < 4.78 is 19.1. The van der Waals surface area contributed by atoms with E-state index in [0.29, 0.717) is 34.4 Å². The van der Waals surface area contributed by atoms with E-state index in [2.05, 4.69) is 27.9 Å². The molecule has 5 N–H and O–H groups in total. The van der Waals surface area contributed by atoms with Gasteiger partial charge in [0.25, 0.3) is 0 Å². The van der Waals surface area contributed by atoms with Gasteiger partial charge in [0.15, 0.2) is 0 Å². The molecule has 0 aliphatic carbocycles. The molecule has 11 nitrogen and oxygen atoms in total. The molecule has 0 aromatic heterocycles. The van der Waals surface area contributed by atoms with E-state index < -0.39 is 39.1 Å². The fourth-order valence-corrected chi connectivity index (χ4v) is 7.25. The maximum absolute atomic E-state index is 13.5. The van der Waals surface area contributed by atoms with E-state index in [1.807, 2.05) is 24.3 Å². The normalized spacial score (nSPS) is 10.7. The van der Waals surface area contributed by atoms with Gasteiger partial charge in [-0.25, -0.2) is 0 Å². The van der Waals surface area contributed by atoms with Crippen LogP contribution in [0, 0.1) is 7.14 Å². The number of nitrogens with two attached hydrogens (primary N) is 1. The smallest absolute Gasteiger partial charge is 0.0355 e. The van der Waals surface area contributed by atoms with E-state index >= 15 is 0 Å². The van der Waals surface area contributed by atoms with Crippen LogP contribution in [0.15, 0.2) is 133 Å². The van der Waals surface area contributed by atoms with Crippen molar-refractivity contribution in [3.8, 4) is 34.5 Å². The first-order valence-corrected chi connectivity index (χ1v) is 18.8. The molecule has 0 spiro atoms. The van der Waals surface area contributed by atoms with Gasteiger partial charge in [0.05, 0.1) is 0 Å². The molecule has 0 saturated carbocycles. The summed E-state index contributed by atoms with van der Waals surface area (Å²) in [7, 11) is 0. The number of halogens is 2. The summed E-state index contributed by atoms with van der Waals surface area (Å²) in [6.07, 6.45) is 0. The van der Waals surface area contributed by atoms with E-state index in [9.17, 15) is 29.4 Å². The van der Waals surface area contributed by atoms with Crippen LogP contribution in [-0.2, 0) is 0 Å². The molecule has 0 atom stereocenters. The van der Waals surface area contributed by atoms with Crippen LogP contribution in [0.4, 0.5) is 11.4 Å². The molecule has 6 aromatic carbocycles. The second-order valence-electron chi connectivity index (χ2n) is 11.2. The zero-order chi connectivity index (χ0) is 37.5. The minimum atomic E-state index is -1.33. The predicted octanol–water partition coefficient (Wildman–Crippen LogP) is 6.00. The van der Waals surface area contributed by atoms with Crippen molar-refractivity contribution in [2.24, 2.45) is 0 Å². The summed E-state index contributed by atoms with van der Waals surface area (Å²) in [5.41, 5.74) is 6.02. The molecule has 0 heterocycles. The molecule has 53 heavy (non-hydrogen) atoms. The fourth-order valence-electron chi connectivity index (χ4n) is 4.86. The number of anilines is 2. The Morgan fingerprint density at radius 2 is 0.943 bits per heavy atom. The topological polar surface area (TPSA) is 174 Å². The number of carbonyl (C=O) groups excluding carboxylic acids is 2. The minimum Gasteiger partial charge on any atom is -0.0355 e. The number of ether oxygens (including phenoxy) is 3. The first-order chi connectivity index (χ1) is 25.5. The van der Waals surface area contributed by atoms with Crippen LogP contribution < -0.4 is 46.5 Å². The summed E-state index contributed by atoms with van der Waals surface area (Å²) in [5.74, 6) is -0.768. The Bertz CT molecular complexity index is 2150. The second-order valence-corrected chi connectivity index (χ2v) is 15.2. The van der Waals surface area contributed by atoms with E-state index in [1.165, 1.54) is 36.4 Å². The third kappa shape index (κ3) is 9.69. The van der Waals surface area contributed by atoms with Gasteiger partial charge in [-0.15, -0.1) is 0 Å². The number of carboxylic acid groups (broad SMARTS) is 2. The van der Waals surface area contributed by atoms with Gasteiger partial charge < -0.3 is 10.5 Å². The van der Waals surface area contributed by atoms with Crippen molar-refractivity contribution in [2.75, 3.05) is 11.1 Å². The van der Waals surface area contributed by atoms with Gasteiger partial charge in [-0.2, -0.15) is 0 Å². The minimum absolute atomic E-state index is 0.0361. The number of aromatic carboxylic acids is 2. The van der Waals surface area contributed by atoms with Crippen LogP contribution in [0.2, 0.25) is 0 Å². The van der Waals surface area contributed by atoms with Crippen molar-refractivity contribution in [1.29, 1.82) is 0 Å². The van der Waals surface area contributed by atoms with Gasteiger partial charge in [-0.05, 0) is 36.4 Å². The summed E-state index contributed by atoms with van der Waals surface area (Å²) in [6, 6.07) is 35.8. The molecule has 0 unspecified atom stereocenters. The Morgan fingerprint density at radius 1 is 0.528 bits per heavy atom. The number of hydrogen-bond donors (Lipinski definition) is 4. The average Bonchev–Trinajstić information content (AvgIpc) is 3.15. The molecule has 1 amide bonds. The molecule has 0 aliphatic heterocycles. The van der Waals surface area contributed by atoms with E-state index in [1.54, 1.807) is 72.8 Å². The molecular weight excluding hydrogens is 906 g/mol. The average molecular weight is 933 g/mol. The zero-order valence-corrected chi connectivity index (χ0v) is 31.6. The van der Waals surface area contributed by atoms with Crippen molar-refractivity contribution in [3.05, 3.63) is 163 Å². The Morgan fingerprint density at radius 3 is 1.47 bits per heavy atom. The number of hydrogen-bond acceptors (Lipinski definition) is 8. The van der Waals surface area contributed by atoms with Gasteiger partial charge in [-0.3, -0.25) is 0 Å². The second kappa shape index (κ2) is 16.6. The summed E-state index contributed by atoms with van der Waals surface area (Å²) in [4.78, 5) is 50.9. The number of nitrogen functional groups attached to an aromatic ring is 1. The first-order valence-electron chi connectivity index (χ1n) is 15.6. The molecule has 6 aromatic rings. The van der Waals surface area contributed by atoms with Crippen molar-refractivity contribution in [1.82, 2.24) is 0 Å². The van der Waals surface area contributed by atoms with Gasteiger partial charge >= 0.3 is 265 Å². The number of amides is 1. The number of benzene rings is 6. The number of rotatable bonds is 13. The van der Waals surface area contributed by atoms with E-state index in [4.69, 9.17) is 19.9 Å². The van der Waals surface area contributed by atoms with Gasteiger partial charge in [0.2, 0.25) is 0 Å². The van der Waals surface area contributed by atoms with Crippen LogP contribution in [-0.4, -0.2) is 31.8 Å². The maximum atomic E-state index is 13.5. The van der Waals surface area contributed by atoms with E-state index in [0.717, 1.165) is 7.14 Å². The van der Waals surface area contributed by atoms with Crippen molar-refractivity contribution >= 4 is 55.6 Å². The van der Waals surface area contributed by atoms with Gasteiger partial charge in [0, 0.05) is 5.69 Å². The van der Waals surface area contributed by atoms with Gasteiger partial charge in [0.1, 0.15) is 11.5 Å². The van der Waals surface area contributed by atoms with E-state index in [-0.39, 0.29) is 37.5 Å². The molecule has 6 rings (SSSR count). The number of carboxylic acids is 2. The summed E-state index contributed by atoms with van der Waals surface area (Å²) in [6.45, 7) is 0. The molecule has 0 radical (unpaired) electrons. The van der Waals surface area contributed by atoms with Crippen molar-refractivity contribution < 1.29 is 64.8 Å². The SMILES string of the molecule is Nc1ccc(Oc2ccc(NC(=O)c3cc(Oc4ccc(C(=O)O)c(C(=O)[I-]c5ccc(Oc6ccc(I)cc6)cc5)c4)ccc3C(=O)O)cc2)cc1. The standard InChI is InChI=1S/C40H27I2N2O9/c41-23-1-9-27(10-2-23)51-28-11-3-24(4-12-28)42-37(45)35-21-31(17-19-33(35)39(47)48)53-32-18-20-34(40(49)50)36(22-32)38(46)44-26-7-15-30(16-8-26)52-29-13-5-25(43)6-14-29/h1-22H,43H2,(H,44,46)(H,47,48)(H,49,50)/q-1. The molecule has 266 valence electrons. The molecule has 0 fully saturated rings. The van der Waals surface area contributed by atoms with Crippen LogP contribution >= 0.6 is 22.6 Å². The first kappa shape index (κ1) is 36.8. The summed E-state index contributed by atoms with van der Waals surface area (Å²) >= 11 is 0.886. The van der Waals surface area contributed by atoms with Crippen LogP contribution in [0.5, 0.6) is 34.5 Å². The number of carbonyl (C=O) groups is 4. The predicted molar refractivity (Wildman–Crippen MR) is 201 cm³/mol. The third-order valence-corrected chi connectivity index (χ3v) is 10.6. The van der Waals surface area contributed by atoms with Crippen LogP contribution in [0.25, 0.3) is 0 Å². The molecule has 0 saturated heterocycles. The van der Waals surface area contributed by atoms with Crippen molar-refractivity contribution in [2.45, 2.75) is 0 Å². The fraction of sp³-hybridized carbons (Fsp3) is 0. The molecule has 0 aliphatic rings. The Labute approximate surface area is 326 Å². The quantitative estimate of drug-likeness (QED) is 0.0612. The Kier molecular flexibility index (Phi) is 11.5. The third-order valence-electron chi connectivity index (χ3n) is 7.42. The van der Waals surface area contributed by atoms with Crippen LogP contribution in [0.3, 0.4) is 0 Å². The van der Waals surface area contributed by atoms with Crippen molar-refractivity contribution in [3.63, 3.8) is 0 Å². The molecule has 0 bridgehead atoms. The summed E-state index contributed by atoms with van der Waals surface area (Å²) in [5, 5.41) is 22.3.